The summed E-state index contributed by atoms with van der Waals surface area (Å²) >= 11 is 0. The summed E-state index contributed by atoms with van der Waals surface area (Å²) in [7, 11) is -1.87. The van der Waals surface area contributed by atoms with Crippen molar-refractivity contribution in [2.75, 3.05) is 13.6 Å². The van der Waals surface area contributed by atoms with Crippen LogP contribution in [-0.2, 0) is 10.0 Å². The first-order valence-electron chi connectivity index (χ1n) is 4.73. The minimum atomic E-state index is -3.69. The Bertz CT molecular complexity index is 430. The molecule has 0 aliphatic rings. The molecule has 0 aliphatic heterocycles. The first kappa shape index (κ1) is 12.9. The van der Waals surface area contributed by atoms with Crippen molar-refractivity contribution in [1.29, 1.82) is 0 Å². The topological polar surface area (TPSA) is 94.3 Å². The molecule has 1 aromatic heterocycles. The average molecular weight is 245 g/mol. The second kappa shape index (κ2) is 5.24. The van der Waals surface area contributed by atoms with E-state index in [1.165, 1.54) is 18.3 Å². The molecule has 1 unspecified atom stereocenters. The third-order valence-corrected chi connectivity index (χ3v) is 2.75. The number of ether oxygens (including phenoxy) is 1. The lowest BCUT2D eigenvalue weighted by atomic mass is 10.4. The summed E-state index contributed by atoms with van der Waals surface area (Å²) in [5.41, 5.74) is 0. The van der Waals surface area contributed by atoms with E-state index in [4.69, 9.17) is 9.88 Å². The lowest BCUT2D eigenvalue weighted by Crippen LogP contribution is -2.26. The van der Waals surface area contributed by atoms with Gasteiger partial charge in [0.05, 0.1) is 6.20 Å². The number of pyridine rings is 1. The first-order chi connectivity index (χ1) is 7.43. The molecule has 0 saturated carbocycles. The molecule has 1 atom stereocenters. The van der Waals surface area contributed by atoms with Crippen LogP contribution in [0.1, 0.15) is 6.92 Å². The summed E-state index contributed by atoms with van der Waals surface area (Å²) < 4.78 is 27.3. The number of aromatic nitrogens is 1. The fourth-order valence-electron chi connectivity index (χ4n) is 1.14. The molecule has 1 aromatic rings. The quantitative estimate of drug-likeness (QED) is 0.743. The Labute approximate surface area is 94.9 Å². The van der Waals surface area contributed by atoms with Crippen LogP contribution in [0.3, 0.4) is 0 Å². The van der Waals surface area contributed by atoms with Gasteiger partial charge in [-0.2, -0.15) is 0 Å². The highest BCUT2D eigenvalue weighted by atomic mass is 32.2. The van der Waals surface area contributed by atoms with Crippen LogP contribution in [0.25, 0.3) is 0 Å². The van der Waals surface area contributed by atoms with Crippen molar-refractivity contribution in [2.45, 2.75) is 17.9 Å². The maximum Gasteiger partial charge on any atom is 0.239 e. The fraction of sp³-hybridized carbons (Fsp3) is 0.444. The molecule has 90 valence electrons. The van der Waals surface area contributed by atoms with E-state index in [0.717, 1.165) is 0 Å². The maximum atomic E-state index is 11.0. The van der Waals surface area contributed by atoms with Crippen LogP contribution in [0.5, 0.6) is 5.88 Å². The summed E-state index contributed by atoms with van der Waals surface area (Å²) in [6, 6.07) is 2.84. The molecule has 0 radical (unpaired) electrons. The smallest absolute Gasteiger partial charge is 0.239 e. The molecule has 1 rings (SSSR count). The van der Waals surface area contributed by atoms with Gasteiger partial charge in [0, 0.05) is 12.6 Å². The average Bonchev–Trinajstić information content (AvgIpc) is 2.17. The number of hydrogen-bond acceptors (Lipinski definition) is 5. The first-order valence-corrected chi connectivity index (χ1v) is 6.28. The minimum absolute atomic E-state index is 0.0267. The van der Waals surface area contributed by atoms with Crippen LogP contribution in [0, 0.1) is 0 Å². The largest absolute Gasteiger partial charge is 0.473 e. The highest BCUT2D eigenvalue weighted by molar-refractivity contribution is 7.89. The lowest BCUT2D eigenvalue weighted by Gasteiger charge is -2.12. The number of nitrogens with zero attached hydrogens (tertiary/aromatic N) is 1. The molecule has 3 N–H and O–H groups in total. The van der Waals surface area contributed by atoms with Gasteiger partial charge in [0.15, 0.2) is 0 Å². The lowest BCUT2D eigenvalue weighted by molar-refractivity contribution is 0.211. The van der Waals surface area contributed by atoms with Crippen molar-refractivity contribution in [3.63, 3.8) is 0 Å². The van der Waals surface area contributed by atoms with Crippen molar-refractivity contribution in [2.24, 2.45) is 5.14 Å². The Morgan fingerprint density at radius 3 is 2.69 bits per heavy atom. The zero-order valence-electron chi connectivity index (χ0n) is 9.17. The number of likely N-dealkylation sites (N-methyl/N-ethyl adjacent to an activating group) is 1. The highest BCUT2D eigenvalue weighted by Gasteiger charge is 2.09. The summed E-state index contributed by atoms with van der Waals surface area (Å²) in [5.74, 6) is 0.371. The number of rotatable bonds is 5. The number of sulfonamides is 1. The van der Waals surface area contributed by atoms with E-state index in [9.17, 15) is 8.42 Å². The van der Waals surface area contributed by atoms with Gasteiger partial charge in [0.25, 0.3) is 0 Å². The molecule has 0 saturated heterocycles. The van der Waals surface area contributed by atoms with Gasteiger partial charge in [-0.1, -0.05) is 0 Å². The monoisotopic (exact) mass is 245 g/mol. The Kier molecular flexibility index (Phi) is 4.22. The second-order valence-electron chi connectivity index (χ2n) is 3.36. The molecule has 0 aliphatic carbocycles. The number of nitrogens with two attached hydrogens (primary N) is 1. The molecule has 0 fully saturated rings. The van der Waals surface area contributed by atoms with Gasteiger partial charge in [-0.3, -0.25) is 0 Å². The number of hydrogen-bond donors (Lipinski definition) is 2. The molecular weight excluding hydrogens is 230 g/mol. The normalized spacial score (nSPS) is 13.4. The van der Waals surface area contributed by atoms with Gasteiger partial charge in [-0.05, 0) is 20.0 Å². The molecule has 1 heterocycles. The van der Waals surface area contributed by atoms with E-state index >= 15 is 0 Å². The van der Waals surface area contributed by atoms with E-state index in [1.807, 2.05) is 14.0 Å². The van der Waals surface area contributed by atoms with Gasteiger partial charge in [0.2, 0.25) is 15.9 Å². The predicted octanol–water partition coefficient (Wildman–Crippen LogP) is -0.284. The van der Waals surface area contributed by atoms with Gasteiger partial charge >= 0.3 is 0 Å². The van der Waals surface area contributed by atoms with Gasteiger partial charge in [0.1, 0.15) is 11.0 Å². The van der Waals surface area contributed by atoms with Crippen molar-refractivity contribution in [3.8, 4) is 5.88 Å². The Hall–Kier alpha value is -1.18. The highest BCUT2D eigenvalue weighted by Crippen LogP contribution is 2.11. The van der Waals surface area contributed by atoms with E-state index in [0.29, 0.717) is 12.4 Å². The van der Waals surface area contributed by atoms with Crippen molar-refractivity contribution in [3.05, 3.63) is 18.3 Å². The number of nitrogens with one attached hydrogen (secondary N) is 1. The van der Waals surface area contributed by atoms with Crippen LogP contribution in [0.2, 0.25) is 0 Å². The Balaban J connectivity index is 2.72. The van der Waals surface area contributed by atoms with Crippen molar-refractivity contribution < 1.29 is 13.2 Å². The molecule has 0 amide bonds. The third-order valence-electron chi connectivity index (χ3n) is 1.85. The molecular formula is C9H15N3O3S. The number of primary sulfonamides is 1. The SMILES string of the molecule is CNCC(C)Oc1ccc(S(N)(=O)=O)cn1. The Morgan fingerprint density at radius 1 is 1.56 bits per heavy atom. The fourth-order valence-corrected chi connectivity index (χ4v) is 1.60. The molecule has 6 nitrogen and oxygen atoms in total. The molecule has 0 aromatic carbocycles. The van der Waals surface area contributed by atoms with Crippen LogP contribution in [0.4, 0.5) is 0 Å². The standard InChI is InChI=1S/C9H15N3O3S/c1-7(5-11-2)15-9-4-3-8(6-12-9)16(10,13)14/h3-4,6-7,11H,5H2,1-2H3,(H2,10,13,14). The van der Waals surface area contributed by atoms with E-state index in [-0.39, 0.29) is 11.0 Å². The van der Waals surface area contributed by atoms with E-state index < -0.39 is 10.0 Å². The van der Waals surface area contributed by atoms with E-state index in [1.54, 1.807) is 0 Å². The van der Waals surface area contributed by atoms with Crippen LogP contribution in [-0.4, -0.2) is 33.1 Å². The van der Waals surface area contributed by atoms with Crippen molar-refractivity contribution >= 4 is 10.0 Å². The Morgan fingerprint density at radius 2 is 2.25 bits per heavy atom. The molecule has 0 spiro atoms. The predicted molar refractivity (Wildman–Crippen MR) is 59.6 cm³/mol. The summed E-state index contributed by atoms with van der Waals surface area (Å²) in [4.78, 5) is 3.83. The van der Waals surface area contributed by atoms with Crippen LogP contribution >= 0.6 is 0 Å². The van der Waals surface area contributed by atoms with Crippen LogP contribution < -0.4 is 15.2 Å². The van der Waals surface area contributed by atoms with Crippen molar-refractivity contribution in [1.82, 2.24) is 10.3 Å². The summed E-state index contributed by atoms with van der Waals surface area (Å²) in [6.07, 6.45) is 1.13. The van der Waals surface area contributed by atoms with Gasteiger partial charge in [-0.15, -0.1) is 0 Å². The summed E-state index contributed by atoms with van der Waals surface area (Å²) in [6.45, 7) is 2.56. The molecule has 0 bridgehead atoms. The third kappa shape index (κ3) is 3.76. The zero-order valence-corrected chi connectivity index (χ0v) is 9.99. The summed E-state index contributed by atoms with van der Waals surface area (Å²) in [5, 5.41) is 7.89. The minimum Gasteiger partial charge on any atom is -0.473 e. The molecule has 16 heavy (non-hydrogen) atoms. The van der Waals surface area contributed by atoms with E-state index in [2.05, 4.69) is 10.3 Å². The molecule has 7 heteroatoms. The maximum absolute atomic E-state index is 11.0. The van der Waals surface area contributed by atoms with Gasteiger partial charge in [-0.25, -0.2) is 18.5 Å². The zero-order chi connectivity index (χ0) is 12.2. The van der Waals surface area contributed by atoms with Gasteiger partial charge < -0.3 is 10.1 Å². The van der Waals surface area contributed by atoms with Crippen LogP contribution in [0.15, 0.2) is 23.2 Å². The second-order valence-corrected chi connectivity index (χ2v) is 4.92.